The molecule has 55 heavy (non-hydrogen) atoms. The number of carboxylic acid groups (broad SMARTS) is 1. The molecule has 10 atom stereocenters. The fourth-order valence-electron chi connectivity index (χ4n) is 6.23. The Morgan fingerprint density at radius 3 is 0.855 bits per heavy atom. The zero-order valence-electron chi connectivity index (χ0n) is 32.2. The number of aliphatic carboxylic acids is 1. The molecule has 0 saturated heterocycles. The summed E-state index contributed by atoms with van der Waals surface area (Å²) in [5.41, 5.74) is 39.0. The average Bonchev–Trinajstić information content (AvgIpc) is 3.06. The predicted molar refractivity (Wildman–Crippen MR) is 192 cm³/mol. The third-order valence-corrected chi connectivity index (χ3v) is 8.62. The number of hydrogen-bond acceptors (Lipinski definition) is 20. The number of hydrogen-bond donors (Lipinski definition) is 10. The molecule has 0 heterocycles. The average molecular weight is 786 g/mol. The maximum Gasteiger partial charge on any atom is 0.339 e. The van der Waals surface area contributed by atoms with Crippen molar-refractivity contribution in [1.82, 2.24) is 9.80 Å². The van der Waals surface area contributed by atoms with Crippen molar-refractivity contribution in [3.05, 3.63) is 0 Å². The molecule has 23 heteroatoms. The van der Waals surface area contributed by atoms with Gasteiger partial charge in [-0.2, -0.15) is 0 Å². The van der Waals surface area contributed by atoms with Crippen molar-refractivity contribution in [2.24, 2.45) is 62.4 Å². The van der Waals surface area contributed by atoms with E-state index in [4.69, 9.17) is 51.6 Å². The Morgan fingerprint density at radius 2 is 0.655 bits per heavy atom. The summed E-state index contributed by atoms with van der Waals surface area (Å²) in [7, 11) is 0. The van der Waals surface area contributed by atoms with Crippen molar-refractivity contribution < 1.29 is 57.8 Å². The Balaban J connectivity index is 11.0. The van der Waals surface area contributed by atoms with Gasteiger partial charge < -0.3 is 56.7 Å². The van der Waals surface area contributed by atoms with E-state index >= 15 is 28.8 Å². The highest BCUT2D eigenvalue weighted by Gasteiger charge is 2.87. The van der Waals surface area contributed by atoms with Crippen molar-refractivity contribution in [2.75, 3.05) is 0 Å². The van der Waals surface area contributed by atoms with Gasteiger partial charge in [-0.15, -0.1) is 0 Å². The van der Waals surface area contributed by atoms with Crippen LogP contribution < -0.4 is 51.6 Å². The van der Waals surface area contributed by atoms with Gasteiger partial charge in [0.15, 0.2) is 39.7 Å². The molecule has 0 aromatic heterocycles. The summed E-state index contributed by atoms with van der Waals surface area (Å²) in [6.07, 6.45) is 0. The monoisotopic (exact) mass is 785 g/mol. The van der Waals surface area contributed by atoms with Crippen LogP contribution in [-0.4, -0.2) is 139 Å². The van der Waals surface area contributed by atoms with Crippen molar-refractivity contribution in [1.29, 1.82) is 0 Å². The Hall–Kier alpha value is -4.59. The second-order valence-corrected chi connectivity index (χ2v) is 13.8. The van der Waals surface area contributed by atoms with Gasteiger partial charge in [-0.3, -0.25) is 52.8 Å². The molecule has 19 N–H and O–H groups in total. The van der Waals surface area contributed by atoms with Gasteiger partial charge in [-0.05, 0) is 62.3 Å². The lowest BCUT2D eigenvalue weighted by atomic mass is 9.42. The number of Topliss-reactive ketones (excluding diaryl/α,β-unsaturated/α-hetero) is 5. The number of rotatable bonds is 19. The van der Waals surface area contributed by atoms with Crippen LogP contribution in [0.1, 0.15) is 62.3 Å². The van der Waals surface area contributed by atoms with Crippen LogP contribution in [0.5, 0.6) is 0 Å². The SMILES string of the molecule is CC(N)C(=O)N(C(=O)C(C)N)C(=O)C(C(=O)C(C)N)(C(=O)C(C)N)C(C(=O)C(C)N)(C(=O)C(C)N)C(C(=O)O)(C(=O)C(C)N)N(C(=O)C(C)N)C(=O)C(C)N. The first-order chi connectivity index (χ1) is 24.8. The third kappa shape index (κ3) is 8.06. The van der Waals surface area contributed by atoms with Gasteiger partial charge in [0.05, 0.1) is 54.4 Å². The summed E-state index contributed by atoms with van der Waals surface area (Å²) < 4.78 is 0. The molecule has 10 unspecified atom stereocenters. The summed E-state index contributed by atoms with van der Waals surface area (Å²) >= 11 is 0. The Kier molecular flexibility index (Phi) is 16.8. The van der Waals surface area contributed by atoms with Gasteiger partial charge in [-0.25, -0.2) is 9.69 Å². The van der Waals surface area contributed by atoms with Crippen molar-refractivity contribution in [3.63, 3.8) is 0 Å². The lowest BCUT2D eigenvalue weighted by molar-refractivity contribution is -0.202. The van der Waals surface area contributed by atoms with E-state index in [9.17, 15) is 29.1 Å². The minimum Gasteiger partial charge on any atom is -0.479 e. The zero-order valence-corrected chi connectivity index (χ0v) is 32.2. The van der Waals surface area contributed by atoms with E-state index < -0.39 is 145 Å². The Morgan fingerprint density at radius 1 is 0.400 bits per heavy atom. The van der Waals surface area contributed by atoms with Crippen LogP contribution in [0.2, 0.25) is 0 Å². The largest absolute Gasteiger partial charge is 0.479 e. The molecule has 0 bridgehead atoms. The molecule has 0 aliphatic carbocycles. The molecule has 0 aliphatic heterocycles. The summed E-state index contributed by atoms with van der Waals surface area (Å²) in [5, 5.41) is 11.5. The molecular formula is C32H55N11O12. The highest BCUT2D eigenvalue weighted by Crippen LogP contribution is 2.57. The van der Waals surface area contributed by atoms with Crippen molar-refractivity contribution in [2.45, 2.75) is 122 Å². The maximum absolute atomic E-state index is 15.6. The number of carbonyl (C=O) groups excluding carboxylic acids is 10. The normalized spacial score (nSPS) is 19.7. The van der Waals surface area contributed by atoms with Crippen LogP contribution in [0.3, 0.4) is 0 Å². The number of nitrogens with zero attached hydrogens (tertiary/aromatic N) is 2. The van der Waals surface area contributed by atoms with Crippen LogP contribution in [0.15, 0.2) is 0 Å². The summed E-state index contributed by atoms with van der Waals surface area (Å²) in [6.45, 7) is 7.16. The molecule has 0 saturated carbocycles. The van der Waals surface area contributed by atoms with E-state index in [1.807, 2.05) is 0 Å². The van der Waals surface area contributed by atoms with Crippen LogP contribution >= 0.6 is 0 Å². The highest BCUT2D eigenvalue weighted by atomic mass is 16.4. The highest BCUT2D eigenvalue weighted by molar-refractivity contribution is 6.41. The fraction of sp³-hybridized carbons (Fsp3) is 0.656. The fourth-order valence-corrected chi connectivity index (χ4v) is 6.23. The molecule has 0 radical (unpaired) electrons. The number of nitrogens with two attached hydrogens (primary N) is 9. The number of imide groups is 4. The molecule has 310 valence electrons. The standard InChI is InChI=1S/C32H55N11O12/c1-10(33)19(44)30(20(45)11(2)34,28(53)42(24(49)15(6)38)25(50)16(7)39)31(21(46)12(3)35,22(47)13(4)36)32(29(54)55,23(48)14(5)37)43(26(51)17(8)40)27(52)18(9)41/h10-18H,33-41H2,1-9H3,(H,54,55). The number of amides is 5. The maximum atomic E-state index is 15.6. The second kappa shape index (κ2) is 18.4. The number of carboxylic acids is 1. The molecular weight excluding hydrogens is 730 g/mol. The van der Waals surface area contributed by atoms with Crippen LogP contribution in [0, 0.1) is 10.8 Å². The summed E-state index contributed by atoms with van der Waals surface area (Å²) in [6, 6.07) is -19.8. The van der Waals surface area contributed by atoms with E-state index in [0.717, 1.165) is 62.3 Å². The molecule has 0 aliphatic rings. The molecule has 0 rings (SSSR count). The molecule has 5 amide bonds. The second-order valence-electron chi connectivity index (χ2n) is 13.8. The Bertz CT molecular complexity index is 1540. The number of carbonyl (C=O) groups is 11. The van der Waals surface area contributed by atoms with Gasteiger partial charge in [0, 0.05) is 0 Å². The van der Waals surface area contributed by atoms with Crippen molar-refractivity contribution >= 4 is 64.4 Å². The van der Waals surface area contributed by atoms with Crippen molar-refractivity contribution in [3.8, 4) is 0 Å². The quantitative estimate of drug-likeness (QED) is 0.0544. The zero-order chi connectivity index (χ0) is 44.2. The van der Waals surface area contributed by atoms with E-state index in [1.54, 1.807) is 0 Å². The topological polar surface area (TPSA) is 449 Å². The van der Waals surface area contributed by atoms with E-state index in [2.05, 4.69) is 0 Å². The van der Waals surface area contributed by atoms with E-state index in [-0.39, 0.29) is 0 Å². The molecule has 0 spiro atoms. The van der Waals surface area contributed by atoms with Crippen LogP contribution in [-0.2, 0) is 52.7 Å². The summed E-state index contributed by atoms with van der Waals surface area (Å²) in [4.78, 5) is 161. The minimum atomic E-state index is -4.80. The van der Waals surface area contributed by atoms with E-state index in [1.165, 1.54) is 0 Å². The first-order valence-electron chi connectivity index (χ1n) is 16.9. The lowest BCUT2D eigenvalue weighted by Crippen LogP contribution is -2.88. The number of ketones is 5. The van der Waals surface area contributed by atoms with Crippen LogP contribution in [0.4, 0.5) is 0 Å². The van der Waals surface area contributed by atoms with Gasteiger partial charge in [0.1, 0.15) is 0 Å². The Labute approximate surface area is 316 Å². The minimum absolute atomic E-state index is 0.526. The molecule has 0 fully saturated rings. The predicted octanol–water partition coefficient (Wildman–Crippen LogP) is -7.01. The molecule has 23 nitrogen and oxygen atoms in total. The first kappa shape index (κ1) is 50.4. The lowest BCUT2D eigenvalue weighted by Gasteiger charge is -2.57. The first-order valence-corrected chi connectivity index (χ1v) is 16.9. The molecule has 0 aromatic carbocycles. The van der Waals surface area contributed by atoms with E-state index in [0.29, 0.717) is 0 Å². The van der Waals surface area contributed by atoms with Gasteiger partial charge in [0.25, 0.3) is 17.7 Å². The van der Waals surface area contributed by atoms with Gasteiger partial charge >= 0.3 is 5.97 Å². The van der Waals surface area contributed by atoms with Gasteiger partial charge in [-0.1, -0.05) is 0 Å². The third-order valence-electron chi connectivity index (χ3n) is 8.62. The van der Waals surface area contributed by atoms with Crippen LogP contribution in [0.25, 0.3) is 0 Å². The molecule has 0 aromatic rings. The smallest absolute Gasteiger partial charge is 0.339 e. The van der Waals surface area contributed by atoms with Gasteiger partial charge in [0.2, 0.25) is 17.4 Å². The summed E-state index contributed by atoms with van der Waals surface area (Å²) in [5.74, 6) is -23.9.